The number of aliphatic imine (C=N–C) groups is 1. The lowest BCUT2D eigenvalue weighted by molar-refractivity contribution is 0.588. The zero-order valence-corrected chi connectivity index (χ0v) is 12.2. The SMILES string of the molecule is CNS(=O)(=O)c1cccc(CN=C(N)NC(C)C)c1. The molecule has 0 amide bonds. The molecule has 4 N–H and O–H groups in total. The van der Waals surface area contributed by atoms with Crippen LogP contribution in [0.1, 0.15) is 19.4 Å². The first-order valence-corrected chi connectivity index (χ1v) is 7.42. The van der Waals surface area contributed by atoms with Gasteiger partial charge in [-0.25, -0.2) is 18.1 Å². The van der Waals surface area contributed by atoms with Crippen molar-refractivity contribution < 1.29 is 8.42 Å². The van der Waals surface area contributed by atoms with Gasteiger partial charge in [0.05, 0.1) is 11.4 Å². The number of rotatable bonds is 5. The molecule has 0 bridgehead atoms. The van der Waals surface area contributed by atoms with E-state index in [-0.39, 0.29) is 10.9 Å². The topological polar surface area (TPSA) is 96.6 Å². The molecule has 0 atom stereocenters. The van der Waals surface area contributed by atoms with E-state index < -0.39 is 10.0 Å². The number of nitrogens with zero attached hydrogens (tertiary/aromatic N) is 1. The standard InChI is InChI=1S/C12H20N4O2S/c1-9(2)16-12(13)15-8-10-5-4-6-11(7-10)19(17,18)14-3/h4-7,9,14H,8H2,1-3H3,(H3,13,15,16). The Balaban J connectivity index is 2.84. The van der Waals surface area contributed by atoms with Crippen molar-refractivity contribution in [2.24, 2.45) is 10.7 Å². The normalized spacial score (nSPS) is 12.7. The zero-order valence-electron chi connectivity index (χ0n) is 11.3. The highest BCUT2D eigenvalue weighted by Crippen LogP contribution is 2.11. The fourth-order valence-electron chi connectivity index (χ4n) is 1.45. The minimum absolute atomic E-state index is 0.208. The second-order valence-electron chi connectivity index (χ2n) is 4.36. The van der Waals surface area contributed by atoms with Crippen LogP contribution in [0.4, 0.5) is 0 Å². The maximum atomic E-state index is 11.7. The van der Waals surface area contributed by atoms with Crippen molar-refractivity contribution in [3.8, 4) is 0 Å². The zero-order chi connectivity index (χ0) is 14.5. The predicted molar refractivity (Wildman–Crippen MR) is 76.3 cm³/mol. The van der Waals surface area contributed by atoms with Gasteiger partial charge in [-0.05, 0) is 38.6 Å². The molecule has 6 nitrogen and oxygen atoms in total. The fourth-order valence-corrected chi connectivity index (χ4v) is 2.25. The summed E-state index contributed by atoms with van der Waals surface area (Å²) in [5, 5.41) is 2.97. The monoisotopic (exact) mass is 284 g/mol. The molecule has 19 heavy (non-hydrogen) atoms. The van der Waals surface area contributed by atoms with Crippen molar-refractivity contribution in [1.82, 2.24) is 10.0 Å². The predicted octanol–water partition coefficient (Wildman–Crippen LogP) is 0.407. The van der Waals surface area contributed by atoms with Crippen LogP contribution in [0.25, 0.3) is 0 Å². The molecular weight excluding hydrogens is 264 g/mol. The summed E-state index contributed by atoms with van der Waals surface area (Å²) in [5.74, 6) is 0.344. The first-order valence-electron chi connectivity index (χ1n) is 5.94. The van der Waals surface area contributed by atoms with E-state index in [0.29, 0.717) is 12.5 Å². The number of sulfonamides is 1. The van der Waals surface area contributed by atoms with Crippen molar-refractivity contribution in [3.63, 3.8) is 0 Å². The summed E-state index contributed by atoms with van der Waals surface area (Å²) >= 11 is 0. The molecule has 0 heterocycles. The Morgan fingerprint density at radius 2 is 2.11 bits per heavy atom. The smallest absolute Gasteiger partial charge is 0.240 e. The van der Waals surface area contributed by atoms with Crippen molar-refractivity contribution in [3.05, 3.63) is 29.8 Å². The van der Waals surface area contributed by atoms with Crippen LogP contribution in [0.2, 0.25) is 0 Å². The lowest BCUT2D eigenvalue weighted by atomic mass is 10.2. The third kappa shape index (κ3) is 4.88. The molecule has 0 spiro atoms. The molecule has 0 aromatic heterocycles. The van der Waals surface area contributed by atoms with Gasteiger partial charge in [0.2, 0.25) is 10.0 Å². The summed E-state index contributed by atoms with van der Waals surface area (Å²) in [6.07, 6.45) is 0. The average molecular weight is 284 g/mol. The lowest BCUT2D eigenvalue weighted by Gasteiger charge is -2.08. The first kappa shape index (κ1) is 15.5. The second kappa shape index (κ2) is 6.53. The number of nitrogens with one attached hydrogen (secondary N) is 2. The van der Waals surface area contributed by atoms with E-state index in [1.165, 1.54) is 13.1 Å². The third-order valence-corrected chi connectivity index (χ3v) is 3.76. The molecule has 106 valence electrons. The molecule has 1 rings (SSSR count). The van der Waals surface area contributed by atoms with Gasteiger partial charge >= 0.3 is 0 Å². The summed E-state index contributed by atoms with van der Waals surface area (Å²) in [4.78, 5) is 4.37. The average Bonchev–Trinajstić information content (AvgIpc) is 2.36. The van der Waals surface area contributed by atoms with E-state index in [9.17, 15) is 8.42 Å². The van der Waals surface area contributed by atoms with Gasteiger partial charge in [-0.1, -0.05) is 12.1 Å². The molecule has 1 aromatic carbocycles. The molecule has 0 unspecified atom stereocenters. The molecule has 0 radical (unpaired) electrons. The molecular formula is C12H20N4O2S. The van der Waals surface area contributed by atoms with Gasteiger partial charge in [-0.15, -0.1) is 0 Å². The van der Waals surface area contributed by atoms with Gasteiger partial charge in [0.1, 0.15) is 0 Å². The Hall–Kier alpha value is -1.60. The van der Waals surface area contributed by atoms with Crippen LogP contribution in [0.3, 0.4) is 0 Å². The van der Waals surface area contributed by atoms with Crippen molar-refractivity contribution in [2.45, 2.75) is 31.3 Å². The van der Waals surface area contributed by atoms with Gasteiger partial charge < -0.3 is 11.1 Å². The summed E-state index contributed by atoms with van der Waals surface area (Å²) in [5.41, 5.74) is 6.46. The Morgan fingerprint density at radius 1 is 1.42 bits per heavy atom. The fraction of sp³-hybridized carbons (Fsp3) is 0.417. The lowest BCUT2D eigenvalue weighted by Crippen LogP contribution is -2.36. The number of hydrogen-bond donors (Lipinski definition) is 3. The number of guanidine groups is 1. The Labute approximate surface area is 114 Å². The van der Waals surface area contributed by atoms with Gasteiger partial charge in [0.15, 0.2) is 5.96 Å². The minimum atomic E-state index is -3.42. The van der Waals surface area contributed by atoms with E-state index in [1.54, 1.807) is 18.2 Å². The second-order valence-corrected chi connectivity index (χ2v) is 6.24. The van der Waals surface area contributed by atoms with Crippen molar-refractivity contribution in [2.75, 3.05) is 7.05 Å². The highest BCUT2D eigenvalue weighted by Gasteiger charge is 2.10. The Bertz CT molecular complexity index is 553. The van der Waals surface area contributed by atoms with E-state index >= 15 is 0 Å². The minimum Gasteiger partial charge on any atom is -0.370 e. The van der Waals surface area contributed by atoms with Crippen LogP contribution in [0, 0.1) is 0 Å². The highest BCUT2D eigenvalue weighted by atomic mass is 32.2. The maximum Gasteiger partial charge on any atom is 0.240 e. The summed E-state index contributed by atoms with van der Waals surface area (Å²) in [7, 11) is -2.04. The number of benzene rings is 1. The van der Waals surface area contributed by atoms with Gasteiger partial charge in [0, 0.05) is 6.04 Å². The van der Waals surface area contributed by atoms with Gasteiger partial charge in [0.25, 0.3) is 0 Å². The van der Waals surface area contributed by atoms with Crippen LogP contribution in [-0.2, 0) is 16.6 Å². The summed E-state index contributed by atoms with van der Waals surface area (Å²) in [6.45, 7) is 4.25. The van der Waals surface area contributed by atoms with E-state index in [1.807, 2.05) is 13.8 Å². The van der Waals surface area contributed by atoms with E-state index in [2.05, 4.69) is 15.0 Å². The van der Waals surface area contributed by atoms with Crippen LogP contribution in [0.15, 0.2) is 34.2 Å². The number of hydrogen-bond acceptors (Lipinski definition) is 3. The van der Waals surface area contributed by atoms with Crippen LogP contribution < -0.4 is 15.8 Å². The molecule has 0 aliphatic rings. The molecule has 0 saturated heterocycles. The molecule has 1 aromatic rings. The first-order chi connectivity index (χ1) is 8.85. The van der Waals surface area contributed by atoms with Crippen LogP contribution in [-0.4, -0.2) is 27.5 Å². The molecule has 0 saturated carbocycles. The van der Waals surface area contributed by atoms with Crippen LogP contribution in [0.5, 0.6) is 0 Å². The van der Waals surface area contributed by atoms with Crippen LogP contribution >= 0.6 is 0 Å². The maximum absolute atomic E-state index is 11.7. The van der Waals surface area contributed by atoms with E-state index in [4.69, 9.17) is 5.73 Å². The summed E-state index contributed by atoms with van der Waals surface area (Å²) in [6, 6.07) is 6.81. The molecule has 0 fully saturated rings. The highest BCUT2D eigenvalue weighted by molar-refractivity contribution is 7.89. The van der Waals surface area contributed by atoms with Crippen molar-refractivity contribution in [1.29, 1.82) is 0 Å². The quantitative estimate of drug-likeness (QED) is 0.539. The summed E-state index contributed by atoms with van der Waals surface area (Å²) < 4.78 is 25.6. The third-order valence-electron chi connectivity index (χ3n) is 2.35. The van der Waals surface area contributed by atoms with Gasteiger partial charge in [-0.3, -0.25) is 0 Å². The molecule has 0 aliphatic carbocycles. The Morgan fingerprint density at radius 3 is 2.68 bits per heavy atom. The largest absolute Gasteiger partial charge is 0.370 e. The molecule has 7 heteroatoms. The Kier molecular flexibility index (Phi) is 5.31. The van der Waals surface area contributed by atoms with Gasteiger partial charge in [-0.2, -0.15) is 0 Å². The van der Waals surface area contributed by atoms with Crippen molar-refractivity contribution >= 4 is 16.0 Å². The number of nitrogens with two attached hydrogens (primary N) is 1. The van der Waals surface area contributed by atoms with E-state index in [0.717, 1.165) is 5.56 Å². The molecule has 0 aliphatic heterocycles.